The number of nitrogens with zero attached hydrogens (tertiary/aromatic N) is 2. The van der Waals surface area contributed by atoms with Crippen LogP contribution in [0.1, 0.15) is 28.6 Å². The third-order valence-electron chi connectivity index (χ3n) is 3.32. The first-order valence-electron chi connectivity index (χ1n) is 6.31. The van der Waals surface area contributed by atoms with Gasteiger partial charge in [-0.15, -0.1) is 0 Å². The van der Waals surface area contributed by atoms with Crippen LogP contribution in [0.15, 0.2) is 24.3 Å². The highest BCUT2D eigenvalue weighted by atomic mass is 35.5. The second-order valence-corrected chi connectivity index (χ2v) is 5.28. The SMILES string of the molecule is Cc1nn(C)c(CC(N)c2cccc(C(F)(F)F)c2)c1Cl. The highest BCUT2D eigenvalue weighted by Gasteiger charge is 2.30. The molecule has 0 saturated heterocycles. The van der Waals surface area contributed by atoms with Gasteiger partial charge in [0.15, 0.2) is 0 Å². The van der Waals surface area contributed by atoms with Crippen LogP contribution in [0.25, 0.3) is 0 Å². The van der Waals surface area contributed by atoms with E-state index in [2.05, 4.69) is 5.10 Å². The Labute approximate surface area is 125 Å². The van der Waals surface area contributed by atoms with E-state index >= 15 is 0 Å². The number of aryl methyl sites for hydroxylation is 2. The quantitative estimate of drug-likeness (QED) is 0.939. The second-order valence-electron chi connectivity index (χ2n) is 4.90. The molecule has 114 valence electrons. The molecule has 1 heterocycles. The van der Waals surface area contributed by atoms with Gasteiger partial charge in [-0.05, 0) is 24.6 Å². The summed E-state index contributed by atoms with van der Waals surface area (Å²) in [5.41, 5.74) is 7.11. The van der Waals surface area contributed by atoms with Crippen LogP contribution in [0.4, 0.5) is 13.2 Å². The Hall–Kier alpha value is -1.53. The first-order chi connectivity index (χ1) is 9.70. The molecule has 0 radical (unpaired) electrons. The van der Waals surface area contributed by atoms with Gasteiger partial charge in [-0.25, -0.2) is 0 Å². The minimum Gasteiger partial charge on any atom is -0.324 e. The summed E-state index contributed by atoms with van der Waals surface area (Å²) >= 11 is 6.13. The van der Waals surface area contributed by atoms with Crippen molar-refractivity contribution in [3.05, 3.63) is 51.8 Å². The molecule has 1 aromatic carbocycles. The van der Waals surface area contributed by atoms with Gasteiger partial charge >= 0.3 is 6.18 Å². The van der Waals surface area contributed by atoms with Crippen LogP contribution in [0.3, 0.4) is 0 Å². The number of halogens is 4. The van der Waals surface area contributed by atoms with Crippen molar-refractivity contribution >= 4 is 11.6 Å². The summed E-state index contributed by atoms with van der Waals surface area (Å²) in [5, 5.41) is 4.66. The lowest BCUT2D eigenvalue weighted by Crippen LogP contribution is -2.16. The van der Waals surface area contributed by atoms with Crippen LogP contribution in [-0.4, -0.2) is 9.78 Å². The molecule has 0 fully saturated rings. The van der Waals surface area contributed by atoms with Crippen LogP contribution in [0.2, 0.25) is 5.02 Å². The van der Waals surface area contributed by atoms with Gasteiger partial charge in [0.2, 0.25) is 0 Å². The van der Waals surface area contributed by atoms with Crippen molar-refractivity contribution in [1.29, 1.82) is 0 Å². The van der Waals surface area contributed by atoms with E-state index in [9.17, 15) is 13.2 Å². The molecule has 2 N–H and O–H groups in total. The van der Waals surface area contributed by atoms with E-state index in [1.54, 1.807) is 24.7 Å². The van der Waals surface area contributed by atoms with Crippen molar-refractivity contribution in [1.82, 2.24) is 9.78 Å². The number of nitrogens with two attached hydrogens (primary N) is 1. The lowest BCUT2D eigenvalue weighted by atomic mass is 10.0. The monoisotopic (exact) mass is 317 g/mol. The first-order valence-corrected chi connectivity index (χ1v) is 6.68. The number of hydrogen-bond donors (Lipinski definition) is 1. The highest BCUT2D eigenvalue weighted by molar-refractivity contribution is 6.31. The minimum absolute atomic E-state index is 0.317. The predicted molar refractivity (Wildman–Crippen MR) is 75.0 cm³/mol. The maximum absolute atomic E-state index is 12.7. The Bertz CT molecular complexity index is 649. The molecule has 0 saturated carbocycles. The largest absolute Gasteiger partial charge is 0.416 e. The number of benzene rings is 1. The average molecular weight is 318 g/mol. The lowest BCUT2D eigenvalue weighted by Gasteiger charge is -2.15. The molecule has 0 spiro atoms. The zero-order valence-electron chi connectivity index (χ0n) is 11.6. The fraction of sp³-hybridized carbons (Fsp3) is 0.357. The molecular formula is C14H15ClF3N3. The van der Waals surface area contributed by atoms with Crippen molar-refractivity contribution in [3.63, 3.8) is 0 Å². The maximum atomic E-state index is 12.7. The van der Waals surface area contributed by atoms with Gasteiger partial charge in [-0.2, -0.15) is 18.3 Å². The molecule has 2 aromatic rings. The van der Waals surface area contributed by atoms with Gasteiger partial charge < -0.3 is 5.73 Å². The van der Waals surface area contributed by atoms with Gasteiger partial charge in [-0.1, -0.05) is 23.7 Å². The molecular weight excluding hydrogens is 303 g/mol. The van der Waals surface area contributed by atoms with Gasteiger partial charge in [0.05, 0.1) is 22.0 Å². The third kappa shape index (κ3) is 3.39. The molecule has 7 heteroatoms. The highest BCUT2D eigenvalue weighted by Crippen LogP contribution is 2.31. The molecule has 3 nitrogen and oxygen atoms in total. The molecule has 0 bridgehead atoms. The lowest BCUT2D eigenvalue weighted by molar-refractivity contribution is -0.137. The Balaban J connectivity index is 2.27. The molecule has 2 rings (SSSR count). The second kappa shape index (κ2) is 5.69. The summed E-state index contributed by atoms with van der Waals surface area (Å²) in [6.45, 7) is 1.77. The topological polar surface area (TPSA) is 43.8 Å². The van der Waals surface area contributed by atoms with Gasteiger partial charge in [0, 0.05) is 19.5 Å². The van der Waals surface area contributed by atoms with Gasteiger partial charge in [0.25, 0.3) is 0 Å². The summed E-state index contributed by atoms with van der Waals surface area (Å²) in [5.74, 6) is 0. The summed E-state index contributed by atoms with van der Waals surface area (Å²) < 4.78 is 39.7. The van der Waals surface area contributed by atoms with E-state index in [1.807, 2.05) is 0 Å². The van der Waals surface area contributed by atoms with Crippen LogP contribution in [-0.2, 0) is 19.6 Å². The molecule has 0 aliphatic heterocycles. The summed E-state index contributed by atoms with van der Waals surface area (Å²) in [6, 6.07) is 4.45. The van der Waals surface area contributed by atoms with Crippen molar-refractivity contribution in [2.24, 2.45) is 12.8 Å². The zero-order chi connectivity index (χ0) is 15.8. The molecule has 0 aliphatic carbocycles. The van der Waals surface area contributed by atoms with Crippen molar-refractivity contribution in [2.75, 3.05) is 0 Å². The van der Waals surface area contributed by atoms with Crippen LogP contribution in [0.5, 0.6) is 0 Å². The summed E-state index contributed by atoms with van der Waals surface area (Å²) in [6.07, 6.45) is -4.06. The van der Waals surface area contributed by atoms with E-state index in [1.165, 1.54) is 6.07 Å². The van der Waals surface area contributed by atoms with Gasteiger partial charge in [-0.3, -0.25) is 4.68 Å². The molecule has 21 heavy (non-hydrogen) atoms. The fourth-order valence-electron chi connectivity index (χ4n) is 2.17. The fourth-order valence-corrected chi connectivity index (χ4v) is 2.41. The summed E-state index contributed by atoms with van der Waals surface area (Å²) in [7, 11) is 1.73. The van der Waals surface area contributed by atoms with E-state index in [4.69, 9.17) is 17.3 Å². The zero-order valence-corrected chi connectivity index (χ0v) is 12.3. The van der Waals surface area contributed by atoms with Gasteiger partial charge in [0.1, 0.15) is 0 Å². The Morgan fingerprint density at radius 1 is 1.38 bits per heavy atom. The number of aromatic nitrogens is 2. The molecule has 0 amide bonds. The minimum atomic E-state index is -4.38. The van der Waals surface area contributed by atoms with E-state index in [-0.39, 0.29) is 0 Å². The maximum Gasteiger partial charge on any atom is 0.416 e. The Morgan fingerprint density at radius 2 is 2.05 bits per heavy atom. The predicted octanol–water partition coefficient (Wildman–Crippen LogP) is 3.64. The van der Waals surface area contributed by atoms with Crippen LogP contribution in [0, 0.1) is 6.92 Å². The van der Waals surface area contributed by atoms with Crippen LogP contribution < -0.4 is 5.73 Å². The molecule has 1 unspecified atom stereocenters. The molecule has 1 aromatic heterocycles. The molecule has 1 atom stereocenters. The van der Waals surface area contributed by atoms with Crippen molar-refractivity contribution in [3.8, 4) is 0 Å². The van der Waals surface area contributed by atoms with E-state index in [0.29, 0.717) is 28.4 Å². The Morgan fingerprint density at radius 3 is 2.57 bits per heavy atom. The van der Waals surface area contributed by atoms with Crippen LogP contribution >= 0.6 is 11.6 Å². The number of rotatable bonds is 3. The summed E-state index contributed by atoms with van der Waals surface area (Å²) in [4.78, 5) is 0. The third-order valence-corrected chi connectivity index (χ3v) is 3.81. The standard InChI is InChI=1S/C14H15ClF3N3/c1-8-13(15)12(21(2)20-8)7-11(19)9-4-3-5-10(6-9)14(16,17)18/h3-6,11H,7,19H2,1-2H3. The van der Waals surface area contributed by atoms with E-state index < -0.39 is 17.8 Å². The van der Waals surface area contributed by atoms with E-state index in [0.717, 1.165) is 12.1 Å². The average Bonchev–Trinajstić information content (AvgIpc) is 2.64. The number of hydrogen-bond acceptors (Lipinski definition) is 2. The number of alkyl halides is 3. The van der Waals surface area contributed by atoms with Crippen molar-refractivity contribution < 1.29 is 13.2 Å². The normalized spacial score (nSPS) is 13.5. The van der Waals surface area contributed by atoms with Crippen molar-refractivity contribution in [2.45, 2.75) is 25.6 Å². The smallest absolute Gasteiger partial charge is 0.324 e. The Kier molecular flexibility index (Phi) is 4.30. The molecule has 0 aliphatic rings. The first kappa shape index (κ1) is 15.9.